The molecule has 1 atom stereocenters. The van der Waals surface area contributed by atoms with Crippen molar-refractivity contribution in [1.29, 1.82) is 5.26 Å². The third kappa shape index (κ3) is 7.59. The zero-order chi connectivity index (χ0) is 19.7. The summed E-state index contributed by atoms with van der Waals surface area (Å²) in [5, 5.41) is 11.4. The van der Waals surface area contributed by atoms with Crippen LogP contribution in [0.25, 0.3) is 0 Å². The predicted octanol–water partition coefficient (Wildman–Crippen LogP) is 1.01. The molecule has 0 unspecified atom stereocenters. The Kier molecular flexibility index (Phi) is 8.16. The molecule has 0 spiro atoms. The molecule has 9 heteroatoms. The van der Waals surface area contributed by atoms with Gasteiger partial charge in [-0.1, -0.05) is 0 Å². The van der Waals surface area contributed by atoms with Crippen molar-refractivity contribution in [3.8, 4) is 6.19 Å². The van der Waals surface area contributed by atoms with E-state index in [1.54, 1.807) is 25.7 Å². The number of nitrogens with one attached hydrogen (secondary N) is 1. The average Bonchev–Trinajstić information content (AvgIpc) is 3.08. The Balaban J connectivity index is 2.64. The smallest absolute Gasteiger partial charge is 0.408 e. The fraction of sp³-hybridized carbons (Fsp3) is 0.765. The van der Waals surface area contributed by atoms with Crippen LogP contribution in [0.1, 0.15) is 46.5 Å². The van der Waals surface area contributed by atoms with Crippen LogP contribution in [0.4, 0.5) is 4.79 Å². The van der Waals surface area contributed by atoms with Gasteiger partial charge in [-0.05, 0) is 46.5 Å². The highest BCUT2D eigenvalue weighted by atomic mass is 16.6. The Bertz CT molecular complexity index is 558. The van der Waals surface area contributed by atoms with E-state index in [1.807, 2.05) is 6.19 Å². The van der Waals surface area contributed by atoms with Crippen LogP contribution in [-0.2, 0) is 9.53 Å². The van der Waals surface area contributed by atoms with E-state index in [0.29, 0.717) is 32.5 Å². The van der Waals surface area contributed by atoms with Gasteiger partial charge in [0.15, 0.2) is 6.19 Å². The number of nitriles is 1. The van der Waals surface area contributed by atoms with Crippen LogP contribution in [0, 0.1) is 11.5 Å². The Morgan fingerprint density at radius 2 is 2.00 bits per heavy atom. The Morgan fingerprint density at radius 1 is 1.38 bits per heavy atom. The molecular formula is C17H30N6O3. The lowest BCUT2D eigenvalue weighted by atomic mass is 10.1. The van der Waals surface area contributed by atoms with Gasteiger partial charge in [0.2, 0.25) is 11.9 Å². The Labute approximate surface area is 155 Å². The van der Waals surface area contributed by atoms with Gasteiger partial charge in [-0.2, -0.15) is 5.26 Å². The number of aliphatic imine (C=N–C) groups is 1. The maximum atomic E-state index is 12.7. The fourth-order valence-electron chi connectivity index (χ4n) is 2.51. The molecule has 1 heterocycles. The molecule has 9 nitrogen and oxygen atoms in total. The number of nitrogens with zero attached hydrogens (tertiary/aromatic N) is 4. The van der Waals surface area contributed by atoms with Gasteiger partial charge in [-0.25, -0.2) is 4.79 Å². The molecule has 0 aromatic heterocycles. The number of hydrogen-bond donors (Lipinski definition) is 2. The molecule has 1 saturated heterocycles. The fourth-order valence-corrected chi connectivity index (χ4v) is 2.51. The van der Waals surface area contributed by atoms with E-state index in [2.05, 4.69) is 10.3 Å². The molecule has 1 fully saturated rings. The van der Waals surface area contributed by atoms with Crippen molar-refractivity contribution in [2.45, 2.75) is 58.1 Å². The van der Waals surface area contributed by atoms with Gasteiger partial charge >= 0.3 is 6.09 Å². The van der Waals surface area contributed by atoms with Crippen LogP contribution < -0.4 is 11.1 Å². The van der Waals surface area contributed by atoms with Gasteiger partial charge in [-0.3, -0.25) is 14.7 Å². The van der Waals surface area contributed by atoms with E-state index in [0.717, 1.165) is 17.7 Å². The number of hydrogen-bond acceptors (Lipinski definition) is 5. The molecule has 0 aromatic carbocycles. The number of alkyl carbamates (subject to hydrolysis) is 1. The van der Waals surface area contributed by atoms with Crippen molar-refractivity contribution < 1.29 is 14.3 Å². The van der Waals surface area contributed by atoms with Crippen LogP contribution in [-0.4, -0.2) is 66.1 Å². The first kappa shape index (κ1) is 21.5. The molecule has 2 amide bonds. The first-order valence-corrected chi connectivity index (χ1v) is 8.85. The van der Waals surface area contributed by atoms with Crippen molar-refractivity contribution in [2.75, 3.05) is 26.7 Å². The summed E-state index contributed by atoms with van der Waals surface area (Å²) in [6.07, 6.45) is 4.17. The maximum absolute atomic E-state index is 12.7. The molecule has 26 heavy (non-hydrogen) atoms. The van der Waals surface area contributed by atoms with E-state index >= 15 is 0 Å². The summed E-state index contributed by atoms with van der Waals surface area (Å²) in [5.74, 6) is 0.0227. The number of ether oxygens (including phenoxy) is 1. The van der Waals surface area contributed by atoms with E-state index in [-0.39, 0.29) is 11.9 Å². The third-order valence-corrected chi connectivity index (χ3v) is 3.83. The highest BCUT2D eigenvalue weighted by Crippen LogP contribution is 2.13. The number of carbonyl (C=O) groups excluding carboxylic acids is 2. The van der Waals surface area contributed by atoms with Crippen LogP contribution in [0.5, 0.6) is 0 Å². The lowest BCUT2D eigenvalue weighted by Gasteiger charge is -2.26. The molecule has 0 bridgehead atoms. The van der Waals surface area contributed by atoms with Crippen LogP contribution in [0.15, 0.2) is 4.99 Å². The quantitative estimate of drug-likeness (QED) is 0.238. The number of likely N-dealkylation sites (tertiary alicyclic amines) is 1. The summed E-state index contributed by atoms with van der Waals surface area (Å²) in [6, 6.07) is -0.659. The predicted molar refractivity (Wildman–Crippen MR) is 98.1 cm³/mol. The second kappa shape index (κ2) is 9.85. The molecule has 1 aliphatic rings. The molecule has 146 valence electrons. The first-order chi connectivity index (χ1) is 12.1. The zero-order valence-electron chi connectivity index (χ0n) is 16.1. The highest BCUT2D eigenvalue weighted by molar-refractivity contribution is 5.86. The molecule has 0 radical (unpaired) electrons. The maximum Gasteiger partial charge on any atom is 0.408 e. The van der Waals surface area contributed by atoms with Crippen LogP contribution in [0.3, 0.4) is 0 Å². The van der Waals surface area contributed by atoms with Crippen molar-refractivity contribution in [2.24, 2.45) is 10.7 Å². The monoisotopic (exact) mass is 366 g/mol. The summed E-state index contributed by atoms with van der Waals surface area (Å²) in [4.78, 5) is 31.8. The largest absolute Gasteiger partial charge is 0.444 e. The zero-order valence-corrected chi connectivity index (χ0v) is 16.1. The van der Waals surface area contributed by atoms with Crippen molar-refractivity contribution in [3.05, 3.63) is 0 Å². The standard InChI is InChI=1S/C17H30N6O3/c1-17(2,3)26-16(25)21-13(14(24)23-10-5-6-11-23)8-7-9-20-15(19)22(4)12-18/h13H,5-11H2,1-4H3,(H2,19,20)(H,21,25)/t13-/m0/s1. The molecule has 1 rings (SSSR count). The first-order valence-electron chi connectivity index (χ1n) is 8.85. The number of carbonyl (C=O) groups is 2. The van der Waals surface area contributed by atoms with E-state index < -0.39 is 17.7 Å². The topological polar surface area (TPSA) is 124 Å². The van der Waals surface area contributed by atoms with Gasteiger partial charge in [-0.15, -0.1) is 0 Å². The lowest BCUT2D eigenvalue weighted by Crippen LogP contribution is -2.49. The summed E-state index contributed by atoms with van der Waals surface area (Å²) in [5.41, 5.74) is 5.01. The van der Waals surface area contributed by atoms with Gasteiger partial charge in [0.1, 0.15) is 11.6 Å². The van der Waals surface area contributed by atoms with Gasteiger partial charge in [0, 0.05) is 26.7 Å². The third-order valence-electron chi connectivity index (χ3n) is 3.83. The average molecular weight is 366 g/mol. The van der Waals surface area contributed by atoms with E-state index in [9.17, 15) is 9.59 Å². The minimum absolute atomic E-state index is 0.0977. The molecular weight excluding hydrogens is 336 g/mol. The van der Waals surface area contributed by atoms with E-state index in [1.165, 1.54) is 7.05 Å². The normalized spacial score (nSPS) is 16.0. The SMILES string of the molecule is CN(C#N)C(N)=NCCC[C@H](NC(=O)OC(C)(C)C)C(=O)N1CCCC1. The molecule has 0 aromatic rings. The summed E-state index contributed by atoms with van der Waals surface area (Å²) in [6.45, 7) is 7.09. The van der Waals surface area contributed by atoms with Crippen molar-refractivity contribution in [3.63, 3.8) is 0 Å². The summed E-state index contributed by atoms with van der Waals surface area (Å²) >= 11 is 0. The minimum Gasteiger partial charge on any atom is -0.444 e. The number of nitrogens with two attached hydrogens (primary N) is 1. The molecule has 1 aliphatic heterocycles. The number of amides is 2. The molecule has 3 N–H and O–H groups in total. The second-order valence-corrected chi connectivity index (χ2v) is 7.27. The number of rotatable bonds is 6. The lowest BCUT2D eigenvalue weighted by molar-refractivity contribution is -0.132. The highest BCUT2D eigenvalue weighted by Gasteiger charge is 2.29. The van der Waals surface area contributed by atoms with Crippen LogP contribution in [0.2, 0.25) is 0 Å². The van der Waals surface area contributed by atoms with E-state index in [4.69, 9.17) is 15.7 Å². The Morgan fingerprint density at radius 3 is 2.54 bits per heavy atom. The molecule has 0 aliphatic carbocycles. The minimum atomic E-state index is -0.659. The van der Waals surface area contributed by atoms with Gasteiger partial charge in [0.25, 0.3) is 0 Å². The van der Waals surface area contributed by atoms with Gasteiger partial charge < -0.3 is 20.7 Å². The van der Waals surface area contributed by atoms with Crippen molar-refractivity contribution >= 4 is 18.0 Å². The second-order valence-electron chi connectivity index (χ2n) is 7.27. The molecule has 0 saturated carbocycles. The van der Waals surface area contributed by atoms with Crippen molar-refractivity contribution in [1.82, 2.24) is 15.1 Å². The Hall–Kier alpha value is -2.50. The summed E-state index contributed by atoms with van der Waals surface area (Å²) in [7, 11) is 1.52. The number of guanidine groups is 1. The summed E-state index contributed by atoms with van der Waals surface area (Å²) < 4.78 is 5.26. The van der Waals surface area contributed by atoms with Crippen LogP contribution >= 0.6 is 0 Å². The van der Waals surface area contributed by atoms with Gasteiger partial charge in [0.05, 0.1) is 0 Å².